The van der Waals surface area contributed by atoms with Gasteiger partial charge in [-0.2, -0.15) is 0 Å². The van der Waals surface area contributed by atoms with Gasteiger partial charge in [-0.25, -0.2) is 4.39 Å². The van der Waals surface area contributed by atoms with Crippen LogP contribution in [-0.4, -0.2) is 13.7 Å². The van der Waals surface area contributed by atoms with Crippen LogP contribution in [0, 0.1) is 5.82 Å². The van der Waals surface area contributed by atoms with Crippen LogP contribution in [0.15, 0.2) is 16.6 Å². The molecule has 1 N–H and O–H groups in total. The van der Waals surface area contributed by atoms with Crippen molar-refractivity contribution in [2.24, 2.45) is 0 Å². The maximum Gasteiger partial charge on any atom is 0.141 e. The largest absolute Gasteiger partial charge is 0.496 e. The summed E-state index contributed by atoms with van der Waals surface area (Å²) in [6.45, 7) is 5.27. The lowest BCUT2D eigenvalue weighted by molar-refractivity contribution is 0.389. The number of unbranched alkanes of at least 4 members (excludes halogenated alkanes) is 1. The number of methoxy groups -OCH3 is 1. The van der Waals surface area contributed by atoms with Crippen molar-refractivity contribution in [3.8, 4) is 5.75 Å². The van der Waals surface area contributed by atoms with Gasteiger partial charge in [-0.1, -0.05) is 26.7 Å². The van der Waals surface area contributed by atoms with Gasteiger partial charge in [-0.05, 0) is 41.4 Å². The first-order chi connectivity index (χ1) is 9.13. The van der Waals surface area contributed by atoms with Crippen LogP contribution in [0.4, 0.5) is 4.39 Å². The third-order valence-electron chi connectivity index (χ3n) is 3.14. The Balaban J connectivity index is 3.01. The van der Waals surface area contributed by atoms with Gasteiger partial charge in [0.1, 0.15) is 11.6 Å². The van der Waals surface area contributed by atoms with Crippen molar-refractivity contribution in [1.82, 2.24) is 5.32 Å². The van der Waals surface area contributed by atoms with E-state index in [9.17, 15) is 4.39 Å². The van der Waals surface area contributed by atoms with E-state index in [4.69, 9.17) is 4.74 Å². The zero-order chi connectivity index (χ0) is 14.3. The zero-order valence-corrected chi connectivity index (χ0v) is 13.5. The molecule has 1 aromatic carbocycles. The van der Waals surface area contributed by atoms with Crippen molar-refractivity contribution in [2.75, 3.05) is 13.7 Å². The number of halogens is 2. The highest BCUT2D eigenvalue weighted by atomic mass is 79.9. The molecule has 0 heterocycles. The van der Waals surface area contributed by atoms with E-state index >= 15 is 0 Å². The van der Waals surface area contributed by atoms with Crippen LogP contribution in [0.1, 0.15) is 51.1 Å². The molecule has 0 radical (unpaired) electrons. The molecule has 108 valence electrons. The molecule has 0 saturated carbocycles. The minimum absolute atomic E-state index is 0.215. The van der Waals surface area contributed by atoms with Crippen LogP contribution >= 0.6 is 15.9 Å². The molecule has 1 unspecified atom stereocenters. The molecule has 0 aliphatic carbocycles. The number of nitrogens with one attached hydrogen (secondary N) is 1. The molecule has 0 spiro atoms. The van der Waals surface area contributed by atoms with Gasteiger partial charge in [0.2, 0.25) is 0 Å². The van der Waals surface area contributed by atoms with Crippen LogP contribution < -0.4 is 10.1 Å². The SMILES string of the molecule is CCCCC(NCCC)c1cc(Br)c(F)cc1OC. The molecule has 0 amide bonds. The van der Waals surface area contributed by atoms with Crippen molar-refractivity contribution in [2.45, 2.75) is 45.6 Å². The summed E-state index contributed by atoms with van der Waals surface area (Å²) in [5.41, 5.74) is 1.03. The summed E-state index contributed by atoms with van der Waals surface area (Å²) in [5.74, 6) is 0.329. The van der Waals surface area contributed by atoms with E-state index in [0.717, 1.165) is 37.8 Å². The van der Waals surface area contributed by atoms with E-state index in [0.29, 0.717) is 10.2 Å². The van der Waals surface area contributed by atoms with Gasteiger partial charge in [0, 0.05) is 17.7 Å². The normalized spacial score (nSPS) is 12.5. The molecule has 0 aliphatic rings. The highest BCUT2D eigenvalue weighted by molar-refractivity contribution is 9.10. The van der Waals surface area contributed by atoms with Crippen molar-refractivity contribution in [3.05, 3.63) is 28.0 Å². The summed E-state index contributed by atoms with van der Waals surface area (Å²) < 4.78 is 19.4. The summed E-state index contributed by atoms with van der Waals surface area (Å²) >= 11 is 3.26. The molecule has 19 heavy (non-hydrogen) atoms. The Labute approximate surface area is 123 Å². The predicted molar refractivity (Wildman–Crippen MR) is 81.2 cm³/mol. The van der Waals surface area contributed by atoms with Gasteiger partial charge in [0.15, 0.2) is 0 Å². The van der Waals surface area contributed by atoms with E-state index in [-0.39, 0.29) is 11.9 Å². The fourth-order valence-corrected chi connectivity index (χ4v) is 2.45. The summed E-state index contributed by atoms with van der Waals surface area (Å²) in [5, 5.41) is 3.52. The zero-order valence-electron chi connectivity index (χ0n) is 11.9. The predicted octanol–water partition coefficient (Wildman–Crippen LogP) is 4.83. The Bertz CT molecular complexity index is 390. The van der Waals surface area contributed by atoms with E-state index in [2.05, 4.69) is 35.1 Å². The highest BCUT2D eigenvalue weighted by Crippen LogP contribution is 2.33. The van der Waals surface area contributed by atoms with Gasteiger partial charge < -0.3 is 10.1 Å². The van der Waals surface area contributed by atoms with E-state index < -0.39 is 0 Å². The van der Waals surface area contributed by atoms with Gasteiger partial charge in [-0.15, -0.1) is 0 Å². The second-order valence-electron chi connectivity index (χ2n) is 4.66. The quantitative estimate of drug-likeness (QED) is 0.736. The van der Waals surface area contributed by atoms with E-state index in [1.807, 2.05) is 6.07 Å². The topological polar surface area (TPSA) is 21.3 Å². The van der Waals surface area contributed by atoms with Gasteiger partial charge >= 0.3 is 0 Å². The average molecular weight is 332 g/mol. The lowest BCUT2D eigenvalue weighted by atomic mass is 10.00. The standard InChI is InChI=1S/C15H23BrFNO/c1-4-6-7-14(18-8-5-2)11-9-12(16)13(17)10-15(11)19-3/h9-10,14,18H,4-8H2,1-3H3. The first-order valence-electron chi connectivity index (χ1n) is 6.90. The van der Waals surface area contributed by atoms with Crippen molar-refractivity contribution in [3.63, 3.8) is 0 Å². The van der Waals surface area contributed by atoms with E-state index in [1.165, 1.54) is 6.07 Å². The maximum atomic E-state index is 13.6. The smallest absolute Gasteiger partial charge is 0.141 e. The van der Waals surface area contributed by atoms with Crippen LogP contribution in [0.5, 0.6) is 5.75 Å². The summed E-state index contributed by atoms with van der Waals surface area (Å²) in [6.07, 6.45) is 4.40. The van der Waals surface area contributed by atoms with Crippen LogP contribution in [-0.2, 0) is 0 Å². The van der Waals surface area contributed by atoms with Gasteiger partial charge in [-0.3, -0.25) is 0 Å². The second kappa shape index (κ2) is 8.54. The molecule has 0 aliphatic heterocycles. The van der Waals surface area contributed by atoms with Crippen molar-refractivity contribution < 1.29 is 9.13 Å². The first kappa shape index (κ1) is 16.4. The number of rotatable bonds is 8. The lowest BCUT2D eigenvalue weighted by Gasteiger charge is -2.21. The molecule has 1 atom stereocenters. The van der Waals surface area contributed by atoms with Gasteiger partial charge in [0.05, 0.1) is 11.6 Å². The Morgan fingerprint density at radius 2 is 2.05 bits per heavy atom. The van der Waals surface area contributed by atoms with Gasteiger partial charge in [0.25, 0.3) is 0 Å². The minimum Gasteiger partial charge on any atom is -0.496 e. The van der Waals surface area contributed by atoms with Crippen LogP contribution in [0.3, 0.4) is 0 Å². The number of ether oxygens (including phenoxy) is 1. The molecule has 0 aromatic heterocycles. The Morgan fingerprint density at radius 1 is 1.32 bits per heavy atom. The number of benzene rings is 1. The molecular formula is C15H23BrFNO. The lowest BCUT2D eigenvalue weighted by Crippen LogP contribution is -2.22. The monoisotopic (exact) mass is 331 g/mol. The third kappa shape index (κ3) is 4.77. The molecule has 0 saturated heterocycles. The first-order valence-corrected chi connectivity index (χ1v) is 7.69. The summed E-state index contributed by atoms with van der Waals surface area (Å²) in [4.78, 5) is 0. The number of hydrogen-bond acceptors (Lipinski definition) is 2. The molecule has 4 heteroatoms. The number of hydrogen-bond donors (Lipinski definition) is 1. The Hall–Kier alpha value is -0.610. The van der Waals surface area contributed by atoms with Crippen LogP contribution in [0.2, 0.25) is 0 Å². The van der Waals surface area contributed by atoms with Crippen LogP contribution in [0.25, 0.3) is 0 Å². The van der Waals surface area contributed by atoms with E-state index in [1.54, 1.807) is 7.11 Å². The fourth-order valence-electron chi connectivity index (χ4n) is 2.09. The van der Waals surface area contributed by atoms with Crippen molar-refractivity contribution >= 4 is 15.9 Å². The third-order valence-corrected chi connectivity index (χ3v) is 3.74. The Morgan fingerprint density at radius 3 is 2.63 bits per heavy atom. The summed E-state index contributed by atoms with van der Waals surface area (Å²) in [7, 11) is 1.59. The molecule has 0 fully saturated rings. The maximum absolute atomic E-state index is 13.6. The molecular weight excluding hydrogens is 309 g/mol. The second-order valence-corrected chi connectivity index (χ2v) is 5.51. The molecule has 1 rings (SSSR count). The Kier molecular flexibility index (Phi) is 7.39. The summed E-state index contributed by atoms with van der Waals surface area (Å²) in [6, 6.07) is 3.50. The van der Waals surface area contributed by atoms with Crippen molar-refractivity contribution in [1.29, 1.82) is 0 Å². The molecule has 2 nitrogen and oxygen atoms in total. The molecule has 0 bridgehead atoms. The fraction of sp³-hybridized carbons (Fsp3) is 0.600. The minimum atomic E-state index is -0.287. The highest BCUT2D eigenvalue weighted by Gasteiger charge is 2.17. The molecule has 1 aromatic rings. The average Bonchev–Trinajstić information content (AvgIpc) is 2.42.